The van der Waals surface area contributed by atoms with Crippen LogP contribution >= 0.6 is 11.8 Å². The second kappa shape index (κ2) is 9.91. The Balaban J connectivity index is 1.52. The molecule has 0 spiro atoms. The molecule has 0 saturated carbocycles. The summed E-state index contributed by atoms with van der Waals surface area (Å²) in [5, 5.41) is 3.11. The van der Waals surface area contributed by atoms with Gasteiger partial charge >= 0.3 is 0 Å². The molecule has 1 aromatic rings. The fourth-order valence-corrected chi connectivity index (χ4v) is 4.62. The molecule has 1 aromatic carbocycles. The SMILES string of the molecule is CCN(CC)C(=O)c1ccc(NC(=O)CC2SC(N3CCCCC3)=NC2=O)cc1. The van der Waals surface area contributed by atoms with Crippen LogP contribution in [0.5, 0.6) is 0 Å². The van der Waals surface area contributed by atoms with E-state index in [2.05, 4.69) is 15.2 Å². The minimum atomic E-state index is -0.463. The van der Waals surface area contributed by atoms with E-state index in [-0.39, 0.29) is 24.1 Å². The third-order valence-electron chi connectivity index (χ3n) is 5.19. The van der Waals surface area contributed by atoms with Gasteiger partial charge in [-0.15, -0.1) is 0 Å². The average molecular weight is 417 g/mol. The van der Waals surface area contributed by atoms with Crippen molar-refractivity contribution in [1.29, 1.82) is 0 Å². The average Bonchev–Trinajstić information content (AvgIpc) is 3.10. The maximum atomic E-state index is 12.4. The van der Waals surface area contributed by atoms with Crippen LogP contribution in [-0.2, 0) is 9.59 Å². The van der Waals surface area contributed by atoms with Gasteiger partial charge < -0.3 is 15.1 Å². The predicted molar refractivity (Wildman–Crippen MR) is 116 cm³/mol. The van der Waals surface area contributed by atoms with Crippen LogP contribution in [0.15, 0.2) is 29.3 Å². The Morgan fingerprint density at radius 2 is 1.79 bits per heavy atom. The van der Waals surface area contributed by atoms with Crippen LogP contribution in [0, 0.1) is 0 Å². The van der Waals surface area contributed by atoms with Gasteiger partial charge in [-0.05, 0) is 57.4 Å². The molecule has 0 aliphatic carbocycles. The Labute approximate surface area is 175 Å². The van der Waals surface area contributed by atoms with Gasteiger partial charge in [-0.2, -0.15) is 4.99 Å². The van der Waals surface area contributed by atoms with Gasteiger partial charge in [0.05, 0.1) is 0 Å². The number of nitrogens with one attached hydrogen (secondary N) is 1. The first kappa shape index (κ1) is 21.4. The summed E-state index contributed by atoms with van der Waals surface area (Å²) in [5.74, 6) is -0.483. The monoisotopic (exact) mass is 416 g/mol. The molecule has 0 bridgehead atoms. The summed E-state index contributed by atoms with van der Waals surface area (Å²) in [5.41, 5.74) is 1.20. The van der Waals surface area contributed by atoms with Gasteiger partial charge in [-0.1, -0.05) is 11.8 Å². The lowest BCUT2D eigenvalue weighted by molar-refractivity contribution is -0.121. The fraction of sp³-hybridized carbons (Fsp3) is 0.524. The standard InChI is InChI=1S/C21H28N4O3S/c1-3-24(4-2)20(28)15-8-10-16(11-9-15)22-18(26)14-17-19(27)23-21(29-17)25-12-6-5-7-13-25/h8-11,17H,3-7,12-14H2,1-2H3,(H,22,26). The van der Waals surface area contributed by atoms with Crippen molar-refractivity contribution >= 4 is 40.3 Å². The highest BCUT2D eigenvalue weighted by atomic mass is 32.2. The van der Waals surface area contributed by atoms with Gasteiger partial charge in [0.1, 0.15) is 5.25 Å². The topological polar surface area (TPSA) is 82.1 Å². The molecule has 1 unspecified atom stereocenters. The minimum absolute atomic E-state index is 0.0248. The molecule has 2 aliphatic rings. The molecule has 2 aliphatic heterocycles. The molecule has 3 amide bonds. The van der Waals surface area contributed by atoms with E-state index in [4.69, 9.17) is 0 Å². The smallest absolute Gasteiger partial charge is 0.262 e. The van der Waals surface area contributed by atoms with Crippen LogP contribution in [0.2, 0.25) is 0 Å². The molecule has 156 valence electrons. The molecule has 7 nitrogen and oxygen atoms in total. The van der Waals surface area contributed by atoms with E-state index < -0.39 is 5.25 Å². The van der Waals surface area contributed by atoms with Gasteiger partial charge in [-0.3, -0.25) is 14.4 Å². The molecule has 2 heterocycles. The maximum absolute atomic E-state index is 12.4. The van der Waals surface area contributed by atoms with Crippen LogP contribution in [0.4, 0.5) is 5.69 Å². The van der Waals surface area contributed by atoms with Crippen LogP contribution < -0.4 is 5.32 Å². The Bertz CT molecular complexity index is 784. The number of amidine groups is 1. The van der Waals surface area contributed by atoms with Crippen molar-refractivity contribution in [3.05, 3.63) is 29.8 Å². The van der Waals surface area contributed by atoms with E-state index in [9.17, 15) is 14.4 Å². The van der Waals surface area contributed by atoms with E-state index in [0.29, 0.717) is 24.3 Å². The van der Waals surface area contributed by atoms with Gasteiger partial charge in [0.15, 0.2) is 5.17 Å². The molecule has 0 radical (unpaired) electrons. The van der Waals surface area contributed by atoms with Crippen LogP contribution in [-0.4, -0.2) is 64.1 Å². The summed E-state index contributed by atoms with van der Waals surface area (Å²) < 4.78 is 0. The number of aliphatic imine (C=N–C) groups is 1. The largest absolute Gasteiger partial charge is 0.351 e. The second-order valence-electron chi connectivity index (χ2n) is 7.19. The third-order valence-corrected chi connectivity index (χ3v) is 6.41. The van der Waals surface area contributed by atoms with E-state index in [1.54, 1.807) is 29.2 Å². The molecule has 8 heteroatoms. The lowest BCUT2D eigenvalue weighted by Gasteiger charge is -2.27. The minimum Gasteiger partial charge on any atom is -0.351 e. The molecule has 29 heavy (non-hydrogen) atoms. The van der Waals surface area contributed by atoms with Crippen LogP contribution in [0.25, 0.3) is 0 Å². The number of likely N-dealkylation sites (tertiary alicyclic amines) is 1. The summed E-state index contributed by atoms with van der Waals surface area (Å²) in [4.78, 5) is 45.0. The van der Waals surface area contributed by atoms with Crippen molar-refractivity contribution < 1.29 is 14.4 Å². The van der Waals surface area contributed by atoms with Gasteiger partial charge in [0, 0.05) is 43.9 Å². The summed E-state index contributed by atoms with van der Waals surface area (Å²) in [6, 6.07) is 6.86. The number of thioether (sulfide) groups is 1. The van der Waals surface area contributed by atoms with Crippen molar-refractivity contribution in [2.75, 3.05) is 31.5 Å². The van der Waals surface area contributed by atoms with E-state index in [1.807, 2.05) is 13.8 Å². The number of piperidine rings is 1. The molecular weight excluding hydrogens is 388 g/mol. The van der Waals surface area contributed by atoms with Crippen LogP contribution in [0.1, 0.15) is 49.9 Å². The molecule has 1 saturated heterocycles. The lowest BCUT2D eigenvalue weighted by atomic mass is 10.1. The van der Waals surface area contributed by atoms with E-state index in [1.165, 1.54) is 18.2 Å². The maximum Gasteiger partial charge on any atom is 0.262 e. The van der Waals surface area contributed by atoms with Crippen molar-refractivity contribution in [3.63, 3.8) is 0 Å². The number of carbonyl (C=O) groups excluding carboxylic acids is 3. The van der Waals surface area contributed by atoms with Gasteiger partial charge in [0.2, 0.25) is 5.91 Å². The Hall–Kier alpha value is -2.35. The normalized spacial score (nSPS) is 19.1. The fourth-order valence-electron chi connectivity index (χ4n) is 3.50. The number of hydrogen-bond acceptors (Lipinski definition) is 5. The zero-order chi connectivity index (χ0) is 20.8. The number of anilines is 1. The quantitative estimate of drug-likeness (QED) is 0.771. The number of rotatable bonds is 6. The van der Waals surface area contributed by atoms with Crippen molar-refractivity contribution in [3.8, 4) is 0 Å². The summed E-state index contributed by atoms with van der Waals surface area (Å²) >= 11 is 1.39. The van der Waals surface area contributed by atoms with Crippen molar-refractivity contribution in [2.24, 2.45) is 4.99 Å². The number of carbonyl (C=O) groups is 3. The van der Waals surface area contributed by atoms with Crippen molar-refractivity contribution in [1.82, 2.24) is 9.80 Å². The third kappa shape index (κ3) is 5.38. The van der Waals surface area contributed by atoms with Crippen molar-refractivity contribution in [2.45, 2.75) is 44.8 Å². The lowest BCUT2D eigenvalue weighted by Crippen LogP contribution is -2.33. The highest BCUT2D eigenvalue weighted by Gasteiger charge is 2.33. The number of hydrogen-bond donors (Lipinski definition) is 1. The Morgan fingerprint density at radius 3 is 2.41 bits per heavy atom. The Morgan fingerprint density at radius 1 is 1.14 bits per heavy atom. The number of amides is 3. The van der Waals surface area contributed by atoms with Gasteiger partial charge in [-0.25, -0.2) is 0 Å². The van der Waals surface area contributed by atoms with Crippen LogP contribution in [0.3, 0.4) is 0 Å². The summed E-state index contributed by atoms with van der Waals surface area (Å²) in [6.07, 6.45) is 3.54. The predicted octanol–water partition coefficient (Wildman–Crippen LogP) is 2.98. The molecule has 1 atom stereocenters. The number of nitrogens with zero attached hydrogens (tertiary/aromatic N) is 3. The summed E-state index contributed by atoms with van der Waals surface area (Å²) in [7, 11) is 0. The number of benzene rings is 1. The van der Waals surface area contributed by atoms with Gasteiger partial charge in [0.25, 0.3) is 11.8 Å². The summed E-state index contributed by atoms with van der Waals surface area (Å²) in [6.45, 7) is 7.05. The zero-order valence-corrected chi connectivity index (χ0v) is 17.8. The highest BCUT2D eigenvalue weighted by Crippen LogP contribution is 2.29. The van der Waals surface area contributed by atoms with E-state index in [0.717, 1.165) is 31.1 Å². The van der Waals surface area contributed by atoms with E-state index >= 15 is 0 Å². The first-order valence-corrected chi connectivity index (χ1v) is 11.1. The first-order chi connectivity index (χ1) is 14.0. The Kier molecular flexibility index (Phi) is 7.30. The molecule has 0 aromatic heterocycles. The second-order valence-corrected chi connectivity index (χ2v) is 8.36. The highest BCUT2D eigenvalue weighted by molar-refractivity contribution is 8.15. The first-order valence-electron chi connectivity index (χ1n) is 10.2. The molecule has 3 rings (SSSR count). The molecule has 1 fully saturated rings. The molecular formula is C21H28N4O3S. The zero-order valence-electron chi connectivity index (χ0n) is 17.0. The molecule has 1 N–H and O–H groups in total.